The van der Waals surface area contributed by atoms with E-state index in [-0.39, 0.29) is 48.0 Å². The van der Waals surface area contributed by atoms with Gasteiger partial charge in [-0.15, -0.1) is 12.4 Å². The molecule has 1 aromatic rings. The molecule has 2 aliphatic rings. The maximum Gasteiger partial charge on any atom is 0.263 e. The smallest absolute Gasteiger partial charge is 0.263 e. The third-order valence-electron chi connectivity index (χ3n) is 5.65. The SMILES string of the molecule is COCC(=O)N1CCCN(C(=O)c2c(C)ccn(C3CCNCC3)c2=O)CC1.Cl. The predicted molar refractivity (Wildman–Crippen MR) is 113 cm³/mol. The van der Waals surface area contributed by atoms with Crippen LogP contribution in [0.5, 0.6) is 0 Å². The lowest BCUT2D eigenvalue weighted by Crippen LogP contribution is -2.42. The molecule has 0 atom stereocenters. The maximum atomic E-state index is 13.2. The average Bonchev–Trinajstić information content (AvgIpc) is 2.95. The number of carbonyl (C=O) groups is 2. The Kier molecular flexibility index (Phi) is 8.67. The zero-order chi connectivity index (χ0) is 20.1. The summed E-state index contributed by atoms with van der Waals surface area (Å²) in [6, 6.07) is 2.00. The average molecular weight is 427 g/mol. The van der Waals surface area contributed by atoms with Crippen LogP contribution in [0.1, 0.15) is 41.2 Å². The molecule has 29 heavy (non-hydrogen) atoms. The topological polar surface area (TPSA) is 83.9 Å². The molecule has 9 heteroatoms. The number of ether oxygens (including phenoxy) is 1. The van der Waals surface area contributed by atoms with Crippen molar-refractivity contribution >= 4 is 24.2 Å². The number of methoxy groups -OCH3 is 1. The molecule has 2 amide bonds. The third kappa shape index (κ3) is 5.38. The van der Waals surface area contributed by atoms with Gasteiger partial charge in [-0.2, -0.15) is 0 Å². The quantitative estimate of drug-likeness (QED) is 0.770. The van der Waals surface area contributed by atoms with Gasteiger partial charge in [0.2, 0.25) is 5.91 Å². The highest BCUT2D eigenvalue weighted by atomic mass is 35.5. The Hall–Kier alpha value is -1.90. The van der Waals surface area contributed by atoms with Crippen LogP contribution in [0.2, 0.25) is 0 Å². The van der Waals surface area contributed by atoms with E-state index in [2.05, 4.69) is 5.32 Å². The van der Waals surface area contributed by atoms with E-state index in [0.29, 0.717) is 38.2 Å². The summed E-state index contributed by atoms with van der Waals surface area (Å²) in [5, 5.41) is 3.30. The second kappa shape index (κ2) is 10.8. The fourth-order valence-corrected chi connectivity index (χ4v) is 4.02. The standard InChI is InChI=1S/C20H30N4O4.ClH/c1-15-6-11-24(16-4-7-21-8-5-16)20(27)18(15)19(26)23-10-3-9-22(12-13-23)17(25)14-28-2;/h6,11,16,21H,3-5,7-10,12-14H2,1-2H3;1H. The number of halogens is 1. The van der Waals surface area contributed by atoms with Gasteiger partial charge in [0.1, 0.15) is 12.2 Å². The van der Waals surface area contributed by atoms with Crippen LogP contribution in [0.3, 0.4) is 0 Å². The minimum absolute atomic E-state index is 0. The molecule has 8 nitrogen and oxygen atoms in total. The molecule has 0 saturated carbocycles. The van der Waals surface area contributed by atoms with Crippen molar-refractivity contribution in [3.63, 3.8) is 0 Å². The number of aryl methyl sites for hydroxylation is 1. The Bertz CT molecular complexity index is 776. The van der Waals surface area contributed by atoms with E-state index in [9.17, 15) is 14.4 Å². The van der Waals surface area contributed by atoms with E-state index >= 15 is 0 Å². The highest BCUT2D eigenvalue weighted by molar-refractivity contribution is 5.95. The van der Waals surface area contributed by atoms with Gasteiger partial charge in [0.25, 0.3) is 11.5 Å². The van der Waals surface area contributed by atoms with Crippen LogP contribution in [-0.2, 0) is 9.53 Å². The lowest BCUT2D eigenvalue weighted by molar-refractivity contribution is -0.135. The zero-order valence-electron chi connectivity index (χ0n) is 17.2. The van der Waals surface area contributed by atoms with Crippen molar-refractivity contribution in [1.29, 1.82) is 0 Å². The minimum Gasteiger partial charge on any atom is -0.375 e. The highest BCUT2D eigenvalue weighted by Crippen LogP contribution is 2.18. The van der Waals surface area contributed by atoms with Crippen molar-refractivity contribution in [1.82, 2.24) is 19.7 Å². The first-order chi connectivity index (χ1) is 13.5. The van der Waals surface area contributed by atoms with Gasteiger partial charge in [-0.3, -0.25) is 14.4 Å². The lowest BCUT2D eigenvalue weighted by Gasteiger charge is -2.26. The Labute approximate surface area is 177 Å². The number of nitrogens with zero attached hydrogens (tertiary/aromatic N) is 3. The molecule has 2 aliphatic heterocycles. The van der Waals surface area contributed by atoms with Crippen molar-refractivity contribution in [2.24, 2.45) is 0 Å². The number of carbonyl (C=O) groups excluding carboxylic acids is 2. The van der Waals surface area contributed by atoms with Gasteiger partial charge in [0, 0.05) is 45.5 Å². The molecule has 1 N–H and O–H groups in total. The molecule has 162 valence electrons. The molecule has 2 fully saturated rings. The summed E-state index contributed by atoms with van der Waals surface area (Å²) >= 11 is 0. The van der Waals surface area contributed by atoms with Crippen molar-refractivity contribution in [2.45, 2.75) is 32.2 Å². The van der Waals surface area contributed by atoms with Crippen LogP contribution in [0.25, 0.3) is 0 Å². The Morgan fingerprint density at radius 2 is 1.79 bits per heavy atom. The largest absolute Gasteiger partial charge is 0.375 e. The minimum atomic E-state index is -0.230. The predicted octanol–water partition coefficient (Wildman–Crippen LogP) is 0.824. The molecule has 3 rings (SSSR count). The van der Waals surface area contributed by atoms with E-state index in [1.165, 1.54) is 7.11 Å². The van der Waals surface area contributed by atoms with Crippen molar-refractivity contribution in [2.75, 3.05) is 53.0 Å². The van der Waals surface area contributed by atoms with Crippen LogP contribution in [0.4, 0.5) is 0 Å². The summed E-state index contributed by atoms with van der Waals surface area (Å²) in [6.45, 7) is 5.64. The monoisotopic (exact) mass is 426 g/mol. The van der Waals surface area contributed by atoms with Gasteiger partial charge in [0.05, 0.1) is 0 Å². The van der Waals surface area contributed by atoms with Gasteiger partial charge < -0.3 is 24.4 Å². The first kappa shape index (κ1) is 23.4. The highest BCUT2D eigenvalue weighted by Gasteiger charge is 2.27. The molecular weight excluding hydrogens is 396 g/mol. The van der Waals surface area contributed by atoms with E-state index in [1.807, 2.05) is 19.2 Å². The number of amides is 2. The van der Waals surface area contributed by atoms with E-state index in [4.69, 9.17) is 4.74 Å². The molecule has 0 radical (unpaired) electrons. The molecule has 3 heterocycles. The van der Waals surface area contributed by atoms with E-state index in [1.54, 1.807) is 14.4 Å². The normalized spacial score (nSPS) is 18.1. The van der Waals surface area contributed by atoms with Gasteiger partial charge in [0.15, 0.2) is 0 Å². The molecule has 0 aliphatic carbocycles. The van der Waals surface area contributed by atoms with Crippen molar-refractivity contribution < 1.29 is 14.3 Å². The molecule has 0 unspecified atom stereocenters. The molecule has 1 aromatic heterocycles. The van der Waals surface area contributed by atoms with Gasteiger partial charge in [-0.25, -0.2) is 0 Å². The summed E-state index contributed by atoms with van der Waals surface area (Å²) in [5.74, 6) is -0.298. The molecular formula is C20H31ClN4O4. The second-order valence-electron chi connectivity index (χ2n) is 7.53. The number of hydrogen-bond acceptors (Lipinski definition) is 5. The first-order valence-corrected chi connectivity index (χ1v) is 10.0. The number of piperidine rings is 1. The number of hydrogen-bond donors (Lipinski definition) is 1. The van der Waals surface area contributed by atoms with E-state index in [0.717, 1.165) is 25.9 Å². The number of aromatic nitrogens is 1. The number of nitrogens with one attached hydrogen (secondary N) is 1. The first-order valence-electron chi connectivity index (χ1n) is 10.0. The fraction of sp³-hybridized carbons (Fsp3) is 0.650. The molecule has 2 saturated heterocycles. The van der Waals surface area contributed by atoms with Crippen LogP contribution >= 0.6 is 12.4 Å². The Balaban J connectivity index is 0.00000300. The van der Waals surface area contributed by atoms with E-state index < -0.39 is 0 Å². The van der Waals surface area contributed by atoms with Gasteiger partial charge >= 0.3 is 0 Å². The molecule has 0 spiro atoms. The van der Waals surface area contributed by atoms with Crippen LogP contribution in [0.15, 0.2) is 17.1 Å². The summed E-state index contributed by atoms with van der Waals surface area (Å²) in [5.41, 5.74) is 0.767. The van der Waals surface area contributed by atoms with Crippen LogP contribution in [0, 0.1) is 6.92 Å². The lowest BCUT2D eigenvalue weighted by atomic mass is 10.0. The fourth-order valence-electron chi connectivity index (χ4n) is 4.02. The van der Waals surface area contributed by atoms with Crippen molar-refractivity contribution in [3.8, 4) is 0 Å². The molecule has 0 bridgehead atoms. The summed E-state index contributed by atoms with van der Waals surface area (Å²) in [4.78, 5) is 41.8. The zero-order valence-corrected chi connectivity index (χ0v) is 18.0. The van der Waals surface area contributed by atoms with Gasteiger partial charge in [-0.1, -0.05) is 0 Å². The number of pyridine rings is 1. The Morgan fingerprint density at radius 3 is 2.48 bits per heavy atom. The Morgan fingerprint density at radius 1 is 1.14 bits per heavy atom. The summed E-state index contributed by atoms with van der Waals surface area (Å²) in [7, 11) is 1.50. The van der Waals surface area contributed by atoms with Gasteiger partial charge in [-0.05, 0) is 50.9 Å². The molecule has 0 aromatic carbocycles. The summed E-state index contributed by atoms with van der Waals surface area (Å²) < 4.78 is 6.65. The van der Waals surface area contributed by atoms with Crippen LogP contribution in [-0.4, -0.2) is 79.2 Å². The summed E-state index contributed by atoms with van der Waals surface area (Å²) in [6.07, 6.45) is 4.28. The van der Waals surface area contributed by atoms with Crippen molar-refractivity contribution in [3.05, 3.63) is 33.7 Å². The number of rotatable bonds is 4. The second-order valence-corrected chi connectivity index (χ2v) is 7.53. The maximum absolute atomic E-state index is 13.2. The third-order valence-corrected chi connectivity index (χ3v) is 5.65. The van der Waals surface area contributed by atoms with Crippen LogP contribution < -0.4 is 10.9 Å².